The van der Waals surface area contributed by atoms with Crippen LogP contribution in [0.25, 0.3) is 28.0 Å². The van der Waals surface area contributed by atoms with E-state index in [-0.39, 0.29) is 0 Å². The van der Waals surface area contributed by atoms with E-state index in [9.17, 15) is 0 Å². The van der Waals surface area contributed by atoms with Crippen molar-refractivity contribution in [3.63, 3.8) is 0 Å². The maximum absolute atomic E-state index is 6.55. The summed E-state index contributed by atoms with van der Waals surface area (Å²) in [4.78, 5) is 15.9. The molecule has 168 valence electrons. The van der Waals surface area contributed by atoms with Gasteiger partial charge >= 0.3 is 0 Å². The Balaban J connectivity index is 1.47. The Morgan fingerprint density at radius 3 is 2.35 bits per heavy atom. The van der Waals surface area contributed by atoms with E-state index in [4.69, 9.17) is 28.3 Å². The number of para-hydroxylation sites is 1. The first kappa shape index (κ1) is 20.9. The molecule has 4 heterocycles. The minimum atomic E-state index is 0.582. The lowest BCUT2D eigenvalue weighted by molar-refractivity contribution is 0.610. The van der Waals surface area contributed by atoms with E-state index in [0.29, 0.717) is 26.9 Å². The highest BCUT2D eigenvalue weighted by atomic mass is 35.5. The zero-order valence-corrected chi connectivity index (χ0v) is 19.5. The molecule has 6 rings (SSSR count). The molecule has 0 amide bonds. The van der Waals surface area contributed by atoms with Gasteiger partial charge in [-0.05, 0) is 42.8 Å². The summed E-state index contributed by atoms with van der Waals surface area (Å²) < 4.78 is 1.81. The zero-order chi connectivity index (χ0) is 23.1. The van der Waals surface area contributed by atoms with Crippen LogP contribution < -0.4 is 10.2 Å². The normalized spacial score (nSPS) is 13.2. The number of hydrogen-bond acceptors (Lipinski definition) is 6. The van der Waals surface area contributed by atoms with Crippen molar-refractivity contribution in [3.05, 3.63) is 83.2 Å². The third kappa shape index (κ3) is 3.73. The number of pyridine rings is 1. The second kappa shape index (κ2) is 8.59. The van der Waals surface area contributed by atoms with Crippen LogP contribution in [0.3, 0.4) is 0 Å². The van der Waals surface area contributed by atoms with Crippen molar-refractivity contribution < 1.29 is 0 Å². The standard InChI is InChI=1S/C25H19Cl2N7/c26-17-8-6-16(7-9-17)24-22-23(32-34(24)20-5-2-1-4-19(20)27)25(30-15-29-22)31-18-10-11-21(28-14-18)33-12-3-13-33/h1-2,4-11,14-15H,3,12-13H2,(H,29,30,31). The Labute approximate surface area is 206 Å². The lowest BCUT2D eigenvalue weighted by Gasteiger charge is -2.31. The first-order valence-corrected chi connectivity index (χ1v) is 11.7. The van der Waals surface area contributed by atoms with Gasteiger partial charge in [0.25, 0.3) is 0 Å². The number of halogens is 2. The highest BCUT2D eigenvalue weighted by Gasteiger charge is 2.21. The maximum atomic E-state index is 6.55. The molecule has 1 aliphatic heterocycles. The van der Waals surface area contributed by atoms with Crippen LogP contribution in [0.5, 0.6) is 0 Å². The minimum Gasteiger partial charge on any atom is -0.356 e. The smallest absolute Gasteiger partial charge is 0.162 e. The Morgan fingerprint density at radius 2 is 1.65 bits per heavy atom. The molecule has 34 heavy (non-hydrogen) atoms. The van der Waals surface area contributed by atoms with Crippen molar-refractivity contribution in [2.75, 3.05) is 23.3 Å². The molecule has 5 aromatic rings. The molecular formula is C25H19Cl2N7. The largest absolute Gasteiger partial charge is 0.356 e. The summed E-state index contributed by atoms with van der Waals surface area (Å²) in [6.45, 7) is 2.11. The van der Waals surface area contributed by atoms with Gasteiger partial charge in [-0.25, -0.2) is 19.6 Å². The molecule has 0 saturated carbocycles. The molecule has 1 aliphatic rings. The Kier molecular flexibility index (Phi) is 5.28. The van der Waals surface area contributed by atoms with E-state index in [1.807, 2.05) is 66.9 Å². The number of hydrogen-bond donors (Lipinski definition) is 1. The first-order chi connectivity index (χ1) is 16.7. The summed E-state index contributed by atoms with van der Waals surface area (Å²) in [6, 6.07) is 19.2. The number of nitrogens with zero attached hydrogens (tertiary/aromatic N) is 6. The number of aromatic nitrogens is 5. The van der Waals surface area contributed by atoms with Crippen molar-refractivity contribution in [1.82, 2.24) is 24.7 Å². The van der Waals surface area contributed by atoms with E-state index < -0.39 is 0 Å². The minimum absolute atomic E-state index is 0.582. The molecule has 1 N–H and O–H groups in total. The summed E-state index contributed by atoms with van der Waals surface area (Å²) in [5, 5.41) is 9.48. The maximum Gasteiger partial charge on any atom is 0.162 e. The summed E-state index contributed by atoms with van der Waals surface area (Å²) in [6.07, 6.45) is 4.56. The molecule has 0 aliphatic carbocycles. The molecule has 1 saturated heterocycles. The van der Waals surface area contributed by atoms with Crippen LogP contribution in [0.15, 0.2) is 73.2 Å². The topological polar surface area (TPSA) is 71.8 Å². The molecule has 0 spiro atoms. The monoisotopic (exact) mass is 487 g/mol. The summed E-state index contributed by atoms with van der Waals surface area (Å²) in [7, 11) is 0. The van der Waals surface area contributed by atoms with Crippen LogP contribution in [0.2, 0.25) is 10.0 Å². The van der Waals surface area contributed by atoms with Gasteiger partial charge in [-0.2, -0.15) is 5.10 Å². The van der Waals surface area contributed by atoms with Crippen LogP contribution >= 0.6 is 23.2 Å². The van der Waals surface area contributed by atoms with Crippen LogP contribution in [0.4, 0.5) is 17.3 Å². The molecule has 1 fully saturated rings. The van der Waals surface area contributed by atoms with Crippen LogP contribution in [0.1, 0.15) is 6.42 Å². The molecule has 0 unspecified atom stereocenters. The number of benzene rings is 2. The van der Waals surface area contributed by atoms with Gasteiger partial charge in [-0.1, -0.05) is 47.5 Å². The fourth-order valence-corrected chi connectivity index (χ4v) is 4.32. The number of fused-ring (bicyclic) bond motifs is 1. The first-order valence-electron chi connectivity index (χ1n) is 10.9. The van der Waals surface area contributed by atoms with E-state index in [1.165, 1.54) is 12.7 Å². The van der Waals surface area contributed by atoms with Gasteiger partial charge in [0.2, 0.25) is 0 Å². The van der Waals surface area contributed by atoms with Gasteiger partial charge in [0, 0.05) is 23.7 Å². The van der Waals surface area contributed by atoms with Crippen molar-refractivity contribution >= 4 is 51.6 Å². The van der Waals surface area contributed by atoms with Crippen LogP contribution in [-0.4, -0.2) is 37.8 Å². The molecule has 0 bridgehead atoms. The van der Waals surface area contributed by atoms with Gasteiger partial charge in [-0.15, -0.1) is 0 Å². The Bertz CT molecular complexity index is 1480. The highest BCUT2D eigenvalue weighted by molar-refractivity contribution is 6.32. The second-order valence-electron chi connectivity index (χ2n) is 8.01. The van der Waals surface area contributed by atoms with E-state index >= 15 is 0 Å². The zero-order valence-electron chi connectivity index (χ0n) is 18.0. The van der Waals surface area contributed by atoms with E-state index in [2.05, 4.69) is 25.2 Å². The second-order valence-corrected chi connectivity index (χ2v) is 8.85. The molecule has 3 aromatic heterocycles. The predicted molar refractivity (Wildman–Crippen MR) is 136 cm³/mol. The average molecular weight is 488 g/mol. The summed E-state index contributed by atoms with van der Waals surface area (Å²) in [5.74, 6) is 1.57. The SMILES string of the molecule is Clc1ccc(-c2c3ncnc(Nc4ccc(N5CCC5)nc4)c3nn2-c2ccccc2Cl)cc1. The molecule has 0 atom stereocenters. The van der Waals surface area contributed by atoms with Crippen molar-refractivity contribution in [2.24, 2.45) is 0 Å². The Morgan fingerprint density at radius 1 is 0.824 bits per heavy atom. The molecule has 7 nitrogen and oxygen atoms in total. The van der Waals surface area contributed by atoms with Crippen molar-refractivity contribution in [3.8, 4) is 16.9 Å². The lowest BCUT2D eigenvalue weighted by Crippen LogP contribution is -2.37. The van der Waals surface area contributed by atoms with Crippen molar-refractivity contribution in [1.29, 1.82) is 0 Å². The third-order valence-corrected chi connectivity index (χ3v) is 6.42. The average Bonchev–Trinajstić information content (AvgIpc) is 3.20. The van der Waals surface area contributed by atoms with Gasteiger partial charge in [0.05, 0.1) is 22.6 Å². The van der Waals surface area contributed by atoms with Gasteiger partial charge in [0.15, 0.2) is 11.3 Å². The summed E-state index contributed by atoms with van der Waals surface area (Å²) >= 11 is 12.7. The lowest BCUT2D eigenvalue weighted by atomic mass is 10.1. The van der Waals surface area contributed by atoms with Gasteiger partial charge in [-0.3, -0.25) is 0 Å². The van der Waals surface area contributed by atoms with Gasteiger partial charge in [0.1, 0.15) is 23.4 Å². The number of anilines is 3. The molecule has 2 aromatic carbocycles. The van der Waals surface area contributed by atoms with Crippen LogP contribution in [0, 0.1) is 0 Å². The van der Waals surface area contributed by atoms with Gasteiger partial charge < -0.3 is 10.2 Å². The third-order valence-electron chi connectivity index (χ3n) is 5.85. The Hall–Kier alpha value is -3.68. The molecule has 9 heteroatoms. The van der Waals surface area contributed by atoms with E-state index in [1.54, 1.807) is 4.68 Å². The quantitative estimate of drug-likeness (QED) is 0.321. The van der Waals surface area contributed by atoms with Crippen molar-refractivity contribution in [2.45, 2.75) is 6.42 Å². The van der Waals surface area contributed by atoms with E-state index in [0.717, 1.165) is 41.5 Å². The van der Waals surface area contributed by atoms with Crippen LogP contribution in [-0.2, 0) is 0 Å². The summed E-state index contributed by atoms with van der Waals surface area (Å²) in [5.41, 5.74) is 4.61. The highest BCUT2D eigenvalue weighted by Crippen LogP contribution is 2.35. The number of rotatable bonds is 5. The molecule has 0 radical (unpaired) electrons. The fraction of sp³-hybridized carbons (Fsp3) is 0.120. The molecular weight excluding hydrogens is 469 g/mol. The fourth-order valence-electron chi connectivity index (χ4n) is 3.98. The number of nitrogens with one attached hydrogen (secondary N) is 1. The predicted octanol–water partition coefficient (Wildman–Crippen LogP) is 6.14.